The number of esters is 1. The Hall–Kier alpha value is -1.25. The number of allylic oxidation sites excluding steroid dienone is 1. The first-order valence-corrected chi connectivity index (χ1v) is 4.70. The van der Waals surface area contributed by atoms with Gasteiger partial charge in [0.05, 0.1) is 0 Å². The normalized spacial score (nSPS) is 9.71. The van der Waals surface area contributed by atoms with Crippen LogP contribution in [0.1, 0.15) is 20.8 Å². The van der Waals surface area contributed by atoms with E-state index in [1.807, 2.05) is 0 Å². The molecule has 0 saturated heterocycles. The molecule has 0 amide bonds. The summed E-state index contributed by atoms with van der Waals surface area (Å²) in [4.78, 5) is 10.9. The monoisotopic (exact) mass is 197 g/mol. The highest BCUT2D eigenvalue weighted by Crippen LogP contribution is 2.01. The second-order valence-electron chi connectivity index (χ2n) is 3.52. The van der Waals surface area contributed by atoms with Crippen LogP contribution in [0.5, 0.6) is 0 Å². The minimum absolute atomic E-state index is 0.345. The van der Waals surface area contributed by atoms with E-state index >= 15 is 0 Å². The minimum Gasteiger partial charge on any atom is -0.460 e. The van der Waals surface area contributed by atoms with Crippen molar-refractivity contribution in [2.75, 3.05) is 13.2 Å². The summed E-state index contributed by atoms with van der Waals surface area (Å²) in [7, 11) is 0. The van der Waals surface area contributed by atoms with Gasteiger partial charge in [-0.15, -0.1) is 0 Å². The number of carbonyl (C=O) groups is 1. The van der Waals surface area contributed by atoms with Gasteiger partial charge in [-0.2, -0.15) is 0 Å². The third kappa shape index (κ3) is 5.41. The lowest BCUT2D eigenvalue weighted by Gasteiger charge is -2.12. The molecule has 0 unspecified atom stereocenters. The maximum absolute atomic E-state index is 10.9. The van der Waals surface area contributed by atoms with Crippen LogP contribution in [0, 0.1) is 5.92 Å². The number of nitrogens with one attached hydrogen (secondary N) is 1. The van der Waals surface area contributed by atoms with Crippen molar-refractivity contribution in [3.05, 3.63) is 24.4 Å². The Balaban J connectivity index is 3.52. The molecule has 0 aliphatic carbocycles. The molecular weight excluding hydrogens is 178 g/mol. The van der Waals surface area contributed by atoms with Crippen molar-refractivity contribution in [3.63, 3.8) is 0 Å². The topological polar surface area (TPSA) is 38.3 Å². The van der Waals surface area contributed by atoms with Gasteiger partial charge < -0.3 is 10.1 Å². The molecule has 0 aromatic rings. The Kier molecular flexibility index (Phi) is 5.68. The summed E-state index contributed by atoms with van der Waals surface area (Å²) in [5.41, 5.74) is 1.38. The third-order valence-electron chi connectivity index (χ3n) is 1.73. The van der Waals surface area contributed by atoms with Crippen LogP contribution in [0.15, 0.2) is 24.4 Å². The van der Waals surface area contributed by atoms with Gasteiger partial charge in [0.15, 0.2) is 0 Å². The van der Waals surface area contributed by atoms with Gasteiger partial charge >= 0.3 is 5.97 Å². The fourth-order valence-corrected chi connectivity index (χ4v) is 0.683. The lowest BCUT2D eigenvalue weighted by atomic mass is 10.1. The van der Waals surface area contributed by atoms with Gasteiger partial charge in [0, 0.05) is 17.8 Å². The molecular formula is C11H19NO2. The van der Waals surface area contributed by atoms with Gasteiger partial charge in [-0.3, -0.25) is 0 Å². The van der Waals surface area contributed by atoms with Gasteiger partial charge in [0.1, 0.15) is 6.61 Å². The van der Waals surface area contributed by atoms with Crippen molar-refractivity contribution in [1.82, 2.24) is 5.32 Å². The summed E-state index contributed by atoms with van der Waals surface area (Å²) in [6, 6.07) is 0. The van der Waals surface area contributed by atoms with Crippen LogP contribution < -0.4 is 5.32 Å². The summed E-state index contributed by atoms with van der Waals surface area (Å²) in [6.45, 7) is 14.0. The molecule has 0 aliphatic heterocycles. The molecule has 0 saturated carbocycles. The van der Waals surface area contributed by atoms with Crippen LogP contribution in [0.3, 0.4) is 0 Å². The third-order valence-corrected chi connectivity index (χ3v) is 1.73. The van der Waals surface area contributed by atoms with E-state index in [0.717, 1.165) is 5.70 Å². The van der Waals surface area contributed by atoms with Gasteiger partial charge in [0.2, 0.25) is 0 Å². The summed E-state index contributed by atoms with van der Waals surface area (Å²) in [6.07, 6.45) is 0. The van der Waals surface area contributed by atoms with E-state index in [-0.39, 0.29) is 5.97 Å². The van der Waals surface area contributed by atoms with Gasteiger partial charge in [-0.05, 0) is 12.8 Å². The predicted octanol–water partition coefficient (Wildman–Crippen LogP) is 1.86. The number of ether oxygens (including phenoxy) is 1. The van der Waals surface area contributed by atoms with Gasteiger partial charge in [-0.25, -0.2) is 4.79 Å². The van der Waals surface area contributed by atoms with Gasteiger partial charge in [0.25, 0.3) is 0 Å². The van der Waals surface area contributed by atoms with Crippen LogP contribution in [0.4, 0.5) is 0 Å². The highest BCUT2D eigenvalue weighted by atomic mass is 16.5. The quantitative estimate of drug-likeness (QED) is 0.401. The molecule has 0 aliphatic rings. The fraction of sp³-hybridized carbons (Fsp3) is 0.545. The lowest BCUT2D eigenvalue weighted by Crippen LogP contribution is -2.22. The Morgan fingerprint density at radius 2 is 2.00 bits per heavy atom. The van der Waals surface area contributed by atoms with Crippen LogP contribution in [-0.4, -0.2) is 19.1 Å². The highest BCUT2D eigenvalue weighted by Gasteiger charge is 2.02. The maximum Gasteiger partial charge on any atom is 0.333 e. The molecule has 0 atom stereocenters. The molecule has 0 radical (unpaired) electrons. The van der Waals surface area contributed by atoms with Crippen molar-refractivity contribution in [2.45, 2.75) is 20.8 Å². The second kappa shape index (κ2) is 6.24. The van der Waals surface area contributed by atoms with Crippen LogP contribution in [0.25, 0.3) is 0 Å². The molecule has 0 spiro atoms. The zero-order valence-corrected chi connectivity index (χ0v) is 9.22. The van der Waals surface area contributed by atoms with E-state index in [9.17, 15) is 4.79 Å². The Morgan fingerprint density at radius 1 is 1.43 bits per heavy atom. The second-order valence-corrected chi connectivity index (χ2v) is 3.52. The largest absolute Gasteiger partial charge is 0.460 e. The van der Waals surface area contributed by atoms with Crippen LogP contribution in [0.2, 0.25) is 0 Å². The molecule has 80 valence electrons. The molecule has 0 aromatic heterocycles. The molecule has 14 heavy (non-hydrogen) atoms. The van der Waals surface area contributed by atoms with Crippen molar-refractivity contribution in [3.8, 4) is 0 Å². The number of carbonyl (C=O) groups excluding carboxylic acids is 1. The molecule has 0 heterocycles. The first kappa shape index (κ1) is 12.8. The molecule has 3 heteroatoms. The first-order chi connectivity index (χ1) is 6.45. The molecule has 0 bridgehead atoms. The van der Waals surface area contributed by atoms with Crippen molar-refractivity contribution in [2.24, 2.45) is 5.92 Å². The Morgan fingerprint density at radius 3 is 2.43 bits per heavy atom. The van der Waals surface area contributed by atoms with E-state index in [1.165, 1.54) is 0 Å². The summed E-state index contributed by atoms with van der Waals surface area (Å²) >= 11 is 0. The number of hydrogen-bond acceptors (Lipinski definition) is 3. The number of hydrogen-bond donors (Lipinski definition) is 1. The standard InChI is InChI=1S/C11H19NO2/c1-8(2)10(5)12-6-7-14-11(13)9(3)4/h8,12H,3,5-7H2,1-2,4H3. The molecule has 3 nitrogen and oxygen atoms in total. The van der Waals surface area contributed by atoms with E-state index < -0.39 is 0 Å². The molecule has 0 fully saturated rings. The summed E-state index contributed by atoms with van der Waals surface area (Å²) in [5, 5.41) is 3.08. The van der Waals surface area contributed by atoms with Crippen LogP contribution in [-0.2, 0) is 9.53 Å². The average molecular weight is 197 g/mol. The average Bonchev–Trinajstić information content (AvgIpc) is 2.11. The first-order valence-electron chi connectivity index (χ1n) is 4.70. The van der Waals surface area contributed by atoms with E-state index in [0.29, 0.717) is 24.6 Å². The lowest BCUT2D eigenvalue weighted by molar-refractivity contribution is -0.138. The zero-order valence-electron chi connectivity index (χ0n) is 9.22. The minimum atomic E-state index is -0.345. The van der Waals surface area contributed by atoms with Gasteiger partial charge in [-0.1, -0.05) is 27.0 Å². The summed E-state index contributed by atoms with van der Waals surface area (Å²) < 4.78 is 4.89. The smallest absolute Gasteiger partial charge is 0.333 e. The Labute approximate surface area is 85.8 Å². The highest BCUT2D eigenvalue weighted by molar-refractivity contribution is 5.86. The summed E-state index contributed by atoms with van der Waals surface area (Å²) in [5.74, 6) is 0.0498. The fourth-order valence-electron chi connectivity index (χ4n) is 0.683. The van der Waals surface area contributed by atoms with Crippen molar-refractivity contribution >= 4 is 5.97 Å². The SMILES string of the molecule is C=C(C)C(=O)OCCNC(=C)C(C)C. The van der Waals surface area contributed by atoms with Crippen molar-refractivity contribution in [1.29, 1.82) is 0 Å². The van der Waals surface area contributed by atoms with Crippen LogP contribution >= 0.6 is 0 Å². The predicted molar refractivity (Wildman–Crippen MR) is 57.8 cm³/mol. The van der Waals surface area contributed by atoms with Crippen molar-refractivity contribution < 1.29 is 9.53 Å². The molecule has 0 rings (SSSR count). The van der Waals surface area contributed by atoms with E-state index in [2.05, 4.69) is 32.3 Å². The number of rotatable bonds is 6. The van der Waals surface area contributed by atoms with E-state index in [4.69, 9.17) is 4.74 Å². The maximum atomic E-state index is 10.9. The Bertz CT molecular complexity index is 231. The molecule has 0 aromatic carbocycles. The molecule has 1 N–H and O–H groups in total. The zero-order chi connectivity index (χ0) is 11.1. The van der Waals surface area contributed by atoms with E-state index in [1.54, 1.807) is 6.92 Å².